The molecule has 0 fully saturated rings. The molecule has 0 aliphatic heterocycles. The summed E-state index contributed by atoms with van der Waals surface area (Å²) in [5, 5.41) is 6.43. The Morgan fingerprint density at radius 1 is 1.71 bits per heavy atom. The van der Waals surface area contributed by atoms with Crippen molar-refractivity contribution in [2.45, 2.75) is 39.0 Å². The topological polar surface area (TPSA) is 90.4 Å². The molecule has 1 rings (SSSR count). The van der Waals surface area contributed by atoms with Gasteiger partial charge in [-0.2, -0.15) is 0 Å². The summed E-state index contributed by atoms with van der Waals surface area (Å²) in [5.41, 5.74) is 5.62. The van der Waals surface area contributed by atoms with Gasteiger partial charge in [0.25, 0.3) is 5.91 Å². The minimum Gasteiger partial charge on any atom is -0.377 e. The van der Waals surface area contributed by atoms with Gasteiger partial charge in [-0.25, -0.2) is 0 Å². The summed E-state index contributed by atoms with van der Waals surface area (Å²) in [6.45, 7) is 5.82. The van der Waals surface area contributed by atoms with Crippen LogP contribution in [0.4, 0.5) is 0 Å². The van der Waals surface area contributed by atoms with E-state index in [0.717, 1.165) is 0 Å². The number of amides is 1. The maximum absolute atomic E-state index is 11.8. The average molecular weight is 241 g/mol. The Balaban J connectivity index is 2.63. The van der Waals surface area contributed by atoms with Crippen molar-refractivity contribution in [3.05, 3.63) is 17.5 Å². The Morgan fingerprint density at radius 2 is 2.35 bits per heavy atom. The van der Waals surface area contributed by atoms with Gasteiger partial charge in [0.1, 0.15) is 6.61 Å². The number of hydrogen-bond acceptors (Lipinski definition) is 5. The molecule has 0 saturated carbocycles. The molecule has 6 heteroatoms. The molecule has 1 heterocycles. The van der Waals surface area contributed by atoms with E-state index in [4.69, 9.17) is 15.0 Å². The van der Waals surface area contributed by atoms with Crippen LogP contribution >= 0.6 is 0 Å². The third-order valence-corrected chi connectivity index (χ3v) is 2.54. The van der Waals surface area contributed by atoms with Crippen LogP contribution < -0.4 is 11.1 Å². The number of nitrogens with one attached hydrogen (secondary N) is 1. The largest absolute Gasteiger partial charge is 0.377 e. The van der Waals surface area contributed by atoms with Gasteiger partial charge >= 0.3 is 0 Å². The number of nitrogens with two attached hydrogens (primary N) is 1. The number of rotatable bonds is 5. The van der Waals surface area contributed by atoms with Crippen molar-refractivity contribution in [2.24, 2.45) is 5.73 Å². The molecule has 0 bridgehead atoms. The smallest absolute Gasteiger partial charge is 0.273 e. The predicted molar refractivity (Wildman–Crippen MR) is 62.4 cm³/mol. The number of methoxy groups -OCH3 is 1. The number of carbonyl (C=O) groups is 1. The third kappa shape index (κ3) is 3.83. The Kier molecular flexibility index (Phi) is 4.25. The number of carbonyl (C=O) groups excluding carboxylic acids is 1. The Hall–Kier alpha value is -1.40. The lowest BCUT2D eigenvalue weighted by Crippen LogP contribution is -2.53. The van der Waals surface area contributed by atoms with Crippen LogP contribution in [0, 0.1) is 0 Å². The third-order valence-electron chi connectivity index (χ3n) is 2.54. The standard InChI is InChI=1S/C11H19N3O3/c1-7(11(2,3)12)13-10(15)9-5-8(6-16-4)17-14-9/h5,7H,6,12H2,1-4H3,(H,13,15). The minimum atomic E-state index is -0.491. The molecule has 3 N–H and O–H groups in total. The Morgan fingerprint density at radius 3 is 2.88 bits per heavy atom. The fourth-order valence-electron chi connectivity index (χ4n) is 1.09. The average Bonchev–Trinajstić information content (AvgIpc) is 2.65. The summed E-state index contributed by atoms with van der Waals surface area (Å²) in [4.78, 5) is 11.8. The van der Waals surface area contributed by atoms with Crippen LogP contribution in [0.3, 0.4) is 0 Å². The molecule has 1 aromatic rings. The summed E-state index contributed by atoms with van der Waals surface area (Å²) < 4.78 is 9.80. The van der Waals surface area contributed by atoms with Crippen LogP contribution in [0.2, 0.25) is 0 Å². The molecule has 1 atom stereocenters. The molecule has 0 aliphatic rings. The first-order chi connectivity index (χ1) is 7.84. The lowest BCUT2D eigenvalue weighted by molar-refractivity contribution is 0.0915. The molecule has 0 spiro atoms. The summed E-state index contributed by atoms with van der Waals surface area (Å²) in [5.74, 6) is 0.208. The molecule has 0 aliphatic carbocycles. The molecule has 1 unspecified atom stereocenters. The van der Waals surface area contributed by atoms with Gasteiger partial charge < -0.3 is 20.3 Å². The highest BCUT2D eigenvalue weighted by Crippen LogP contribution is 2.08. The second-order valence-electron chi connectivity index (χ2n) is 4.63. The molecule has 0 saturated heterocycles. The predicted octanol–water partition coefficient (Wildman–Crippen LogP) is 0.677. The number of aromatic nitrogens is 1. The zero-order valence-electron chi connectivity index (χ0n) is 10.6. The quantitative estimate of drug-likeness (QED) is 0.791. The number of ether oxygens (including phenoxy) is 1. The van der Waals surface area contributed by atoms with Gasteiger partial charge in [-0.05, 0) is 20.8 Å². The first kappa shape index (κ1) is 13.7. The maximum Gasteiger partial charge on any atom is 0.273 e. The van der Waals surface area contributed by atoms with Crippen LogP contribution in [0.1, 0.15) is 37.0 Å². The van der Waals surface area contributed by atoms with E-state index < -0.39 is 5.54 Å². The van der Waals surface area contributed by atoms with Crippen LogP contribution in [-0.4, -0.2) is 29.8 Å². The minimum absolute atomic E-state index is 0.169. The van der Waals surface area contributed by atoms with Gasteiger partial charge in [0.05, 0.1) is 0 Å². The molecule has 1 amide bonds. The SMILES string of the molecule is COCc1cc(C(=O)NC(C)C(C)(C)N)no1. The van der Waals surface area contributed by atoms with E-state index in [2.05, 4.69) is 10.5 Å². The zero-order chi connectivity index (χ0) is 13.1. The van der Waals surface area contributed by atoms with Crippen molar-refractivity contribution >= 4 is 5.91 Å². The van der Waals surface area contributed by atoms with Crippen LogP contribution in [-0.2, 0) is 11.3 Å². The second-order valence-corrected chi connectivity index (χ2v) is 4.63. The van der Waals surface area contributed by atoms with Crippen LogP contribution in [0.5, 0.6) is 0 Å². The highest BCUT2D eigenvalue weighted by Gasteiger charge is 2.23. The first-order valence-electron chi connectivity index (χ1n) is 5.39. The molecule has 96 valence electrons. The first-order valence-corrected chi connectivity index (χ1v) is 5.39. The van der Waals surface area contributed by atoms with Crippen molar-refractivity contribution in [3.63, 3.8) is 0 Å². The maximum atomic E-state index is 11.8. The highest BCUT2D eigenvalue weighted by atomic mass is 16.5. The number of hydrogen-bond donors (Lipinski definition) is 2. The van der Waals surface area contributed by atoms with Crippen molar-refractivity contribution in [3.8, 4) is 0 Å². The van der Waals surface area contributed by atoms with Crippen molar-refractivity contribution in [1.82, 2.24) is 10.5 Å². The molecular weight excluding hydrogens is 222 g/mol. The molecule has 0 aromatic carbocycles. The fourth-order valence-corrected chi connectivity index (χ4v) is 1.09. The summed E-state index contributed by atoms with van der Waals surface area (Å²) >= 11 is 0. The fraction of sp³-hybridized carbons (Fsp3) is 0.636. The van der Waals surface area contributed by atoms with E-state index in [-0.39, 0.29) is 24.2 Å². The van der Waals surface area contributed by atoms with E-state index in [9.17, 15) is 4.79 Å². The molecule has 6 nitrogen and oxygen atoms in total. The zero-order valence-corrected chi connectivity index (χ0v) is 10.6. The van der Waals surface area contributed by atoms with E-state index >= 15 is 0 Å². The summed E-state index contributed by atoms with van der Waals surface area (Å²) in [7, 11) is 1.54. The van der Waals surface area contributed by atoms with Gasteiger partial charge in [-0.15, -0.1) is 0 Å². The van der Waals surface area contributed by atoms with E-state index in [1.807, 2.05) is 20.8 Å². The molecule has 0 radical (unpaired) electrons. The van der Waals surface area contributed by atoms with E-state index in [1.54, 1.807) is 13.2 Å². The molecule has 1 aromatic heterocycles. The lowest BCUT2D eigenvalue weighted by Gasteiger charge is -2.27. The van der Waals surface area contributed by atoms with Gasteiger partial charge in [0.15, 0.2) is 11.5 Å². The monoisotopic (exact) mass is 241 g/mol. The Bertz CT molecular complexity index is 382. The van der Waals surface area contributed by atoms with Crippen LogP contribution in [0.15, 0.2) is 10.6 Å². The van der Waals surface area contributed by atoms with Gasteiger partial charge in [-0.3, -0.25) is 4.79 Å². The van der Waals surface area contributed by atoms with Gasteiger partial charge in [0.2, 0.25) is 0 Å². The Labute approximate surface area is 100 Å². The lowest BCUT2D eigenvalue weighted by atomic mass is 9.97. The summed E-state index contributed by atoms with van der Waals surface area (Å²) in [6, 6.07) is 1.38. The second kappa shape index (κ2) is 5.29. The van der Waals surface area contributed by atoms with Crippen molar-refractivity contribution < 1.29 is 14.1 Å². The highest BCUT2D eigenvalue weighted by molar-refractivity contribution is 5.92. The molecular formula is C11H19N3O3. The van der Waals surface area contributed by atoms with Crippen molar-refractivity contribution in [1.29, 1.82) is 0 Å². The number of nitrogens with zero attached hydrogens (tertiary/aromatic N) is 1. The van der Waals surface area contributed by atoms with Crippen molar-refractivity contribution in [2.75, 3.05) is 7.11 Å². The van der Waals surface area contributed by atoms with Gasteiger partial charge in [-0.1, -0.05) is 5.16 Å². The summed E-state index contributed by atoms with van der Waals surface area (Å²) in [6.07, 6.45) is 0. The van der Waals surface area contributed by atoms with Crippen LogP contribution in [0.25, 0.3) is 0 Å². The normalized spacial score (nSPS) is 13.5. The molecule has 17 heavy (non-hydrogen) atoms. The van der Waals surface area contributed by atoms with E-state index in [0.29, 0.717) is 5.76 Å². The van der Waals surface area contributed by atoms with E-state index in [1.165, 1.54) is 0 Å². The van der Waals surface area contributed by atoms with Gasteiger partial charge in [0, 0.05) is 24.8 Å².